The summed E-state index contributed by atoms with van der Waals surface area (Å²) in [5.74, 6) is -1.23. The minimum absolute atomic E-state index is 0.0346. The Bertz CT molecular complexity index is 772. The highest BCUT2D eigenvalue weighted by Gasteiger charge is 2.38. The number of piperazine rings is 1. The fourth-order valence-electron chi connectivity index (χ4n) is 2.85. The van der Waals surface area contributed by atoms with Gasteiger partial charge in [-0.1, -0.05) is 6.07 Å². The Labute approximate surface area is 155 Å². The van der Waals surface area contributed by atoms with Crippen molar-refractivity contribution in [1.29, 1.82) is 0 Å². The number of hydrogen-bond acceptors (Lipinski definition) is 7. The van der Waals surface area contributed by atoms with E-state index in [9.17, 15) is 29.6 Å². The van der Waals surface area contributed by atoms with Crippen LogP contribution in [0, 0.1) is 10.1 Å². The molecular formula is C17H21N3O7. The first-order valence-corrected chi connectivity index (χ1v) is 8.25. The third-order valence-corrected chi connectivity index (χ3v) is 4.01. The maximum atomic E-state index is 12.3. The van der Waals surface area contributed by atoms with E-state index in [-0.39, 0.29) is 36.6 Å². The van der Waals surface area contributed by atoms with Crippen LogP contribution >= 0.6 is 0 Å². The molecule has 27 heavy (non-hydrogen) atoms. The zero-order valence-electron chi connectivity index (χ0n) is 15.2. The van der Waals surface area contributed by atoms with Gasteiger partial charge in [0.2, 0.25) is 0 Å². The number of nitro groups is 1. The Morgan fingerprint density at radius 1 is 1.33 bits per heavy atom. The van der Waals surface area contributed by atoms with Crippen molar-refractivity contribution in [2.24, 2.45) is 0 Å². The molecule has 1 fully saturated rings. The maximum absolute atomic E-state index is 12.3. The molecule has 1 aromatic carbocycles. The molecule has 10 heteroatoms. The largest absolute Gasteiger partial charge is 0.480 e. The summed E-state index contributed by atoms with van der Waals surface area (Å²) in [4.78, 5) is 48.5. The molecule has 0 radical (unpaired) electrons. The summed E-state index contributed by atoms with van der Waals surface area (Å²) >= 11 is 0. The van der Waals surface area contributed by atoms with Crippen LogP contribution in [0.4, 0.5) is 16.2 Å². The number of aldehydes is 1. The minimum Gasteiger partial charge on any atom is -0.480 e. The van der Waals surface area contributed by atoms with Crippen LogP contribution in [0.25, 0.3) is 0 Å². The lowest BCUT2D eigenvalue weighted by molar-refractivity contribution is -0.385. The van der Waals surface area contributed by atoms with Crippen LogP contribution in [-0.2, 0) is 9.53 Å². The SMILES string of the molecule is CC(C)(C)OC(=O)N1CCN(c2cccc([N+](=O)[O-])c2C=O)C[C@H]1C(=O)O. The summed E-state index contributed by atoms with van der Waals surface area (Å²) in [6.07, 6.45) is -0.368. The Morgan fingerprint density at radius 2 is 2.00 bits per heavy atom. The smallest absolute Gasteiger partial charge is 0.411 e. The number of carboxylic acid groups (broad SMARTS) is 1. The second-order valence-corrected chi connectivity index (χ2v) is 7.06. The predicted octanol–water partition coefficient (Wildman–Crippen LogP) is 1.92. The quantitative estimate of drug-likeness (QED) is 0.477. The van der Waals surface area contributed by atoms with Gasteiger partial charge in [-0.15, -0.1) is 0 Å². The molecule has 1 aliphatic rings. The van der Waals surface area contributed by atoms with Gasteiger partial charge in [0.1, 0.15) is 17.2 Å². The summed E-state index contributed by atoms with van der Waals surface area (Å²) in [5, 5.41) is 20.7. The van der Waals surface area contributed by atoms with Crippen molar-refractivity contribution in [1.82, 2.24) is 4.90 Å². The van der Waals surface area contributed by atoms with Crippen molar-refractivity contribution in [2.75, 3.05) is 24.5 Å². The molecule has 1 amide bonds. The van der Waals surface area contributed by atoms with Crippen molar-refractivity contribution < 1.29 is 29.2 Å². The molecule has 0 unspecified atom stereocenters. The lowest BCUT2D eigenvalue weighted by Crippen LogP contribution is -2.59. The summed E-state index contributed by atoms with van der Waals surface area (Å²) in [6.45, 7) is 5.14. The monoisotopic (exact) mass is 379 g/mol. The maximum Gasteiger partial charge on any atom is 0.411 e. The van der Waals surface area contributed by atoms with E-state index >= 15 is 0 Å². The van der Waals surface area contributed by atoms with Crippen LogP contribution in [0.2, 0.25) is 0 Å². The van der Waals surface area contributed by atoms with E-state index in [1.165, 1.54) is 18.2 Å². The number of ether oxygens (including phenoxy) is 1. The molecule has 1 saturated heterocycles. The Morgan fingerprint density at radius 3 is 2.52 bits per heavy atom. The summed E-state index contributed by atoms with van der Waals surface area (Å²) in [7, 11) is 0. The molecule has 1 aromatic rings. The number of nitro benzene ring substituents is 1. The van der Waals surface area contributed by atoms with Crippen LogP contribution in [0.3, 0.4) is 0 Å². The normalized spacial score (nSPS) is 17.4. The second-order valence-electron chi connectivity index (χ2n) is 7.06. The average molecular weight is 379 g/mol. The number of amides is 1. The molecule has 146 valence electrons. The number of carboxylic acids is 1. The number of anilines is 1. The zero-order valence-corrected chi connectivity index (χ0v) is 15.2. The van der Waals surface area contributed by atoms with Crippen LogP contribution in [0.5, 0.6) is 0 Å². The third kappa shape index (κ3) is 4.52. The fraction of sp³-hybridized carbons (Fsp3) is 0.471. The van der Waals surface area contributed by atoms with Crippen LogP contribution in [0.15, 0.2) is 18.2 Å². The number of nitrogens with zero attached hydrogens (tertiary/aromatic N) is 3. The molecular weight excluding hydrogens is 358 g/mol. The van der Waals surface area contributed by atoms with E-state index < -0.39 is 28.6 Å². The third-order valence-electron chi connectivity index (χ3n) is 4.01. The molecule has 0 bridgehead atoms. The molecule has 2 rings (SSSR count). The topological polar surface area (TPSA) is 130 Å². The van der Waals surface area contributed by atoms with Gasteiger partial charge in [0.15, 0.2) is 6.29 Å². The van der Waals surface area contributed by atoms with Crippen molar-refractivity contribution in [3.63, 3.8) is 0 Å². The molecule has 1 N–H and O–H groups in total. The van der Waals surface area contributed by atoms with E-state index in [0.717, 1.165) is 4.90 Å². The number of hydrogen-bond donors (Lipinski definition) is 1. The summed E-state index contributed by atoms with van der Waals surface area (Å²) in [5.41, 5.74) is -1.00. The van der Waals surface area contributed by atoms with Gasteiger partial charge in [-0.2, -0.15) is 0 Å². The van der Waals surface area contributed by atoms with Crippen LogP contribution < -0.4 is 4.90 Å². The van der Waals surface area contributed by atoms with E-state index in [1.807, 2.05) is 0 Å². The van der Waals surface area contributed by atoms with Gasteiger partial charge in [0.05, 0.1) is 10.6 Å². The minimum atomic E-state index is -1.23. The van der Waals surface area contributed by atoms with Crippen molar-refractivity contribution in [3.8, 4) is 0 Å². The van der Waals surface area contributed by atoms with Gasteiger partial charge in [-0.25, -0.2) is 9.59 Å². The number of carbonyl (C=O) groups excluding carboxylic acids is 2. The first-order chi connectivity index (χ1) is 12.5. The molecule has 0 saturated carbocycles. The summed E-state index contributed by atoms with van der Waals surface area (Å²) < 4.78 is 5.25. The fourth-order valence-corrected chi connectivity index (χ4v) is 2.85. The standard InChI is InChI=1S/C17H21N3O7/c1-17(2,3)27-16(24)19-8-7-18(9-14(19)15(22)23)12-5-4-6-13(20(25)26)11(12)10-21/h4-6,10,14H,7-9H2,1-3H3,(H,22,23)/t14-/m0/s1. The first kappa shape index (κ1) is 20.1. The highest BCUT2D eigenvalue weighted by Crippen LogP contribution is 2.29. The molecule has 1 atom stereocenters. The van der Waals surface area contributed by atoms with Gasteiger partial charge in [0.25, 0.3) is 5.69 Å². The van der Waals surface area contributed by atoms with Crippen molar-refractivity contribution >= 4 is 29.7 Å². The first-order valence-electron chi connectivity index (χ1n) is 8.25. The van der Waals surface area contributed by atoms with Crippen LogP contribution in [0.1, 0.15) is 31.1 Å². The van der Waals surface area contributed by atoms with E-state index in [2.05, 4.69) is 0 Å². The molecule has 0 spiro atoms. The highest BCUT2D eigenvalue weighted by molar-refractivity contribution is 5.91. The van der Waals surface area contributed by atoms with Gasteiger partial charge in [-0.3, -0.25) is 19.8 Å². The summed E-state index contributed by atoms with van der Waals surface area (Å²) in [6, 6.07) is 2.93. The van der Waals surface area contributed by atoms with Gasteiger partial charge >= 0.3 is 12.1 Å². The lowest BCUT2D eigenvalue weighted by Gasteiger charge is -2.40. The number of aliphatic carboxylic acids is 1. The molecule has 1 aliphatic heterocycles. The van der Waals surface area contributed by atoms with E-state index in [4.69, 9.17) is 4.74 Å². The Balaban J connectivity index is 2.31. The lowest BCUT2D eigenvalue weighted by atomic mass is 10.1. The molecule has 1 heterocycles. The Hall–Kier alpha value is -3.17. The second kappa shape index (κ2) is 7.60. The predicted molar refractivity (Wildman–Crippen MR) is 95.1 cm³/mol. The van der Waals surface area contributed by atoms with Gasteiger partial charge in [0, 0.05) is 25.7 Å². The number of rotatable bonds is 4. The molecule has 0 aliphatic carbocycles. The van der Waals surface area contributed by atoms with E-state index in [1.54, 1.807) is 25.7 Å². The van der Waals surface area contributed by atoms with Gasteiger partial charge < -0.3 is 14.7 Å². The van der Waals surface area contributed by atoms with Crippen molar-refractivity contribution in [2.45, 2.75) is 32.4 Å². The number of carbonyl (C=O) groups is 3. The average Bonchev–Trinajstić information content (AvgIpc) is 2.58. The van der Waals surface area contributed by atoms with E-state index in [0.29, 0.717) is 6.29 Å². The highest BCUT2D eigenvalue weighted by atomic mass is 16.6. The molecule has 10 nitrogen and oxygen atoms in total. The number of benzene rings is 1. The van der Waals surface area contributed by atoms with Gasteiger partial charge in [-0.05, 0) is 26.8 Å². The Kier molecular flexibility index (Phi) is 5.67. The zero-order chi connectivity index (χ0) is 20.4. The van der Waals surface area contributed by atoms with Crippen molar-refractivity contribution in [3.05, 3.63) is 33.9 Å². The van der Waals surface area contributed by atoms with Crippen LogP contribution in [-0.4, -0.2) is 64.6 Å². The molecule has 0 aromatic heterocycles.